The monoisotopic (exact) mass is 1130 g/mol. The van der Waals surface area contributed by atoms with E-state index in [4.69, 9.17) is 4.74 Å². The van der Waals surface area contributed by atoms with Crippen molar-refractivity contribution < 1.29 is 56.9 Å². The van der Waals surface area contributed by atoms with Gasteiger partial charge in [-0.25, -0.2) is 32.8 Å². The van der Waals surface area contributed by atoms with Crippen LogP contribution in [0.2, 0.25) is 0 Å². The van der Waals surface area contributed by atoms with E-state index >= 15 is 0 Å². The fourth-order valence-electron chi connectivity index (χ4n) is 8.81. The quantitative estimate of drug-likeness (QED) is 0.0452. The Kier molecular flexibility index (Phi) is 20.8. The number of sulfonamides is 1. The molecule has 4 heterocycles. The van der Waals surface area contributed by atoms with Crippen LogP contribution in [0, 0.1) is 26.7 Å². The molecule has 0 aliphatic carbocycles. The van der Waals surface area contributed by atoms with Gasteiger partial charge in [0.15, 0.2) is 0 Å². The number of carbonyl (C=O) groups is 7. The fourth-order valence-corrected chi connectivity index (χ4v) is 9.50. The lowest BCUT2D eigenvalue weighted by atomic mass is 10.0. The Hall–Kier alpha value is -9.17. The maximum Gasteiger partial charge on any atom is 0.328 e. The number of aromatic nitrogens is 5. The lowest BCUT2D eigenvalue weighted by Crippen LogP contribution is -2.42. The third kappa shape index (κ3) is 17.7. The van der Waals surface area contributed by atoms with E-state index in [1.165, 1.54) is 42.4 Å². The van der Waals surface area contributed by atoms with Crippen molar-refractivity contribution in [3.63, 3.8) is 0 Å². The van der Waals surface area contributed by atoms with Gasteiger partial charge in [0.05, 0.1) is 93.5 Å². The molecule has 1 aliphatic heterocycles. The zero-order chi connectivity index (χ0) is 59.1. The summed E-state index contributed by atoms with van der Waals surface area (Å²) in [4.78, 5) is 102. The number of amides is 7. The highest BCUT2D eigenvalue weighted by Gasteiger charge is 2.37. The molecule has 1 fully saturated rings. The number of carbonyl (C=O) groups excluding carboxylic acids is 5. The van der Waals surface area contributed by atoms with Crippen LogP contribution in [0.3, 0.4) is 0 Å². The number of methoxy groups -OCH3 is 1. The van der Waals surface area contributed by atoms with E-state index in [-0.39, 0.29) is 56.3 Å². The van der Waals surface area contributed by atoms with Gasteiger partial charge in [0.1, 0.15) is 17.8 Å². The number of pyridine rings is 1. The second-order valence-corrected chi connectivity index (χ2v) is 21.3. The Morgan fingerprint density at radius 3 is 1.99 bits per heavy atom. The molecule has 4 unspecified atom stereocenters. The topological polar surface area (TPSA) is 331 Å². The molecule has 0 spiro atoms. The van der Waals surface area contributed by atoms with Crippen molar-refractivity contribution in [3.05, 3.63) is 143 Å². The first-order chi connectivity index (χ1) is 38.4. The molecule has 7 rings (SSSR count). The molecule has 26 heteroatoms. The van der Waals surface area contributed by atoms with Crippen LogP contribution in [0.15, 0.2) is 104 Å². The Balaban J connectivity index is 0.000000261. The number of imidazole rings is 2. The van der Waals surface area contributed by atoms with Gasteiger partial charge in [-0.3, -0.25) is 24.2 Å². The van der Waals surface area contributed by atoms with E-state index in [1.807, 2.05) is 69.3 Å². The minimum absolute atomic E-state index is 0.00850. The molecule has 3 aromatic heterocycles. The smallest absolute Gasteiger partial charge is 0.328 e. The van der Waals surface area contributed by atoms with Crippen LogP contribution in [0.25, 0.3) is 0 Å². The third-order valence-electron chi connectivity index (χ3n) is 13.2. The Bertz CT molecular complexity index is 3370. The minimum Gasteiger partial charge on any atom is -0.495 e. The van der Waals surface area contributed by atoms with E-state index in [9.17, 15) is 52.2 Å². The number of ether oxygens (including phenoxy) is 1. The molecular weight excluding hydrogens is 1070 g/mol. The van der Waals surface area contributed by atoms with Crippen molar-refractivity contribution in [3.8, 4) is 5.75 Å². The number of anilines is 4. The molecule has 0 saturated carbocycles. The standard InChI is InChI=1S/C28H34N6O6.C27H33N7O6S/c1-17-8-6-7-9-21(17)31-28(39)32-22-11-10-20(12-25(22)40-5)13-26(36)33(4)14-23-18(2)34(16-29-23)15-24(27(37)38)30-19(3)35;1-17-6-4-5-7-21(17)31-27(38)30-20-9-8-19(28-13-20)12-24(35)34-11-10-18(2)25(34)22-14-33(16-29-22)15-23(26(36)37)32-41(3,39)40/h6-12,16,24H,13-15H2,1-5H3,(H,30,35)(H,37,38)(H2,31,32,39);4-9,13-14,16,18,23,25,32H,10-12,15H2,1-3H3,(H,36,37)(H2,30,31,38). The molecule has 0 radical (unpaired) electrons. The van der Waals surface area contributed by atoms with Crippen LogP contribution >= 0.6 is 0 Å². The van der Waals surface area contributed by atoms with Crippen LogP contribution in [0.4, 0.5) is 32.3 Å². The summed E-state index contributed by atoms with van der Waals surface area (Å²) in [6.45, 7) is 9.44. The van der Waals surface area contributed by atoms with Crippen LogP contribution in [-0.2, 0) is 66.5 Å². The lowest BCUT2D eigenvalue weighted by Gasteiger charge is -2.25. The molecule has 81 heavy (non-hydrogen) atoms. The highest BCUT2D eigenvalue weighted by molar-refractivity contribution is 7.88. The average molecular weight is 1130 g/mol. The highest BCUT2D eigenvalue weighted by atomic mass is 32.2. The SMILES string of the molecule is COc1cc(CC(=O)N(C)Cc2ncn(CC(NC(C)=O)C(=O)O)c2C)ccc1NC(=O)Nc1ccccc1C.Cc1ccccc1NC(=O)Nc1ccc(CC(=O)N2CCC(C)C2c2cn(CC(NS(C)(=O)=O)C(=O)O)cn2)nc1. The Labute approximate surface area is 468 Å². The second kappa shape index (κ2) is 27.6. The van der Waals surface area contributed by atoms with Crippen LogP contribution in [0.1, 0.15) is 65.8 Å². The van der Waals surface area contributed by atoms with Crippen molar-refractivity contribution in [1.82, 2.24) is 43.9 Å². The number of aryl methyl sites for hydroxylation is 2. The normalized spacial score (nSPS) is 14.5. The van der Waals surface area contributed by atoms with E-state index < -0.39 is 52.0 Å². The van der Waals surface area contributed by atoms with E-state index in [1.54, 1.807) is 60.0 Å². The number of para-hydroxylation sites is 2. The van der Waals surface area contributed by atoms with Gasteiger partial charge in [-0.05, 0) is 86.2 Å². The van der Waals surface area contributed by atoms with Crippen molar-refractivity contribution in [1.29, 1.82) is 0 Å². The van der Waals surface area contributed by atoms with Gasteiger partial charge in [0.25, 0.3) is 0 Å². The number of benzene rings is 3. The summed E-state index contributed by atoms with van der Waals surface area (Å²) in [6, 6.07) is 19.7. The number of urea groups is 2. The zero-order valence-corrected chi connectivity index (χ0v) is 46.9. The number of rotatable bonds is 21. The van der Waals surface area contributed by atoms with Gasteiger partial charge in [0, 0.05) is 49.5 Å². The fraction of sp³-hybridized carbons (Fsp3) is 0.345. The summed E-state index contributed by atoms with van der Waals surface area (Å²) in [5.74, 6) is -2.69. The van der Waals surface area contributed by atoms with Crippen molar-refractivity contribution in [2.75, 3.05) is 48.2 Å². The molecule has 6 aromatic rings. The first-order valence-electron chi connectivity index (χ1n) is 25.5. The third-order valence-corrected chi connectivity index (χ3v) is 13.9. The first-order valence-corrected chi connectivity index (χ1v) is 27.4. The summed E-state index contributed by atoms with van der Waals surface area (Å²) >= 11 is 0. The summed E-state index contributed by atoms with van der Waals surface area (Å²) in [5.41, 5.74) is 7.33. The number of nitrogens with one attached hydrogen (secondary N) is 6. The predicted octanol–water partition coefficient (Wildman–Crippen LogP) is 5.33. The van der Waals surface area contributed by atoms with Crippen molar-refractivity contribution >= 4 is 74.5 Å². The number of hydrogen-bond donors (Lipinski definition) is 8. The molecule has 3 aromatic carbocycles. The molecule has 1 saturated heterocycles. The maximum atomic E-state index is 13.3. The van der Waals surface area contributed by atoms with Crippen molar-refractivity contribution in [2.24, 2.45) is 5.92 Å². The molecule has 25 nitrogen and oxygen atoms in total. The van der Waals surface area contributed by atoms with Gasteiger partial charge in [0.2, 0.25) is 27.7 Å². The van der Waals surface area contributed by atoms with E-state index in [0.29, 0.717) is 63.4 Å². The number of likely N-dealkylation sites (tertiary alicyclic amines) is 1. The van der Waals surface area contributed by atoms with Gasteiger partial charge in [-0.15, -0.1) is 0 Å². The molecule has 4 atom stereocenters. The number of nitrogens with zero attached hydrogens (tertiary/aromatic N) is 7. The van der Waals surface area contributed by atoms with Gasteiger partial charge >= 0.3 is 24.0 Å². The van der Waals surface area contributed by atoms with Gasteiger partial charge in [-0.1, -0.05) is 49.4 Å². The first kappa shape index (κ1) is 61.0. The largest absolute Gasteiger partial charge is 0.495 e. The van der Waals surface area contributed by atoms with E-state index in [0.717, 1.165) is 23.8 Å². The zero-order valence-electron chi connectivity index (χ0n) is 46.1. The summed E-state index contributed by atoms with van der Waals surface area (Å²) in [6.07, 6.45) is 7.88. The summed E-state index contributed by atoms with van der Waals surface area (Å²) < 4.78 is 33.7. The Morgan fingerprint density at radius 2 is 1.41 bits per heavy atom. The van der Waals surface area contributed by atoms with Crippen LogP contribution in [0.5, 0.6) is 5.75 Å². The number of likely N-dealkylation sites (N-methyl/N-ethyl adjacent to an activating group) is 1. The van der Waals surface area contributed by atoms with Crippen molar-refractivity contribution in [2.45, 2.75) is 91.6 Å². The molecule has 7 amide bonds. The molecule has 0 bridgehead atoms. The lowest BCUT2D eigenvalue weighted by molar-refractivity contribution is -0.142. The number of hydrogen-bond acceptors (Lipinski definition) is 13. The highest BCUT2D eigenvalue weighted by Crippen LogP contribution is 2.37. The van der Waals surface area contributed by atoms with Gasteiger partial charge < -0.3 is 60.5 Å². The Morgan fingerprint density at radius 1 is 0.778 bits per heavy atom. The predicted molar refractivity (Wildman–Crippen MR) is 301 cm³/mol. The van der Waals surface area contributed by atoms with Gasteiger partial charge in [-0.2, -0.15) is 4.72 Å². The minimum atomic E-state index is -3.73. The number of carboxylic acid groups (broad SMARTS) is 2. The van der Waals surface area contributed by atoms with Crippen LogP contribution in [-0.4, -0.2) is 133 Å². The van der Waals surface area contributed by atoms with E-state index in [2.05, 4.69) is 46.3 Å². The molecule has 430 valence electrons. The number of carboxylic acids is 2. The molecule has 8 N–H and O–H groups in total. The molecular formula is C55H67N13O12S. The second-order valence-electron chi connectivity index (χ2n) is 19.6. The summed E-state index contributed by atoms with van der Waals surface area (Å²) in [7, 11) is -0.589. The average Bonchev–Trinajstić information content (AvgIpc) is 4.14. The number of aliphatic carboxylic acids is 2. The van der Waals surface area contributed by atoms with Crippen LogP contribution < -0.4 is 36.0 Å². The maximum absolute atomic E-state index is 13.3. The molecule has 1 aliphatic rings. The summed E-state index contributed by atoms with van der Waals surface area (Å²) in [5, 5.41) is 32.3.